The highest BCUT2D eigenvalue weighted by molar-refractivity contribution is 7.14. The zero-order valence-corrected chi connectivity index (χ0v) is 12.2. The van der Waals surface area contributed by atoms with Gasteiger partial charge in [-0.25, -0.2) is 14.8 Å². The molecule has 2 heterocycles. The minimum atomic E-state index is -0.404. The summed E-state index contributed by atoms with van der Waals surface area (Å²) in [4.78, 5) is 19.9. The second-order valence-electron chi connectivity index (χ2n) is 3.55. The fourth-order valence-electron chi connectivity index (χ4n) is 1.35. The lowest BCUT2D eigenvalue weighted by Crippen LogP contribution is -2.05. The third-order valence-electron chi connectivity index (χ3n) is 2.11. The fraction of sp³-hybridized carbons (Fsp3) is 0.250. The third-order valence-corrected chi connectivity index (χ3v) is 2.87. The SMILES string of the molecule is CCOC(=O)c1csc(Nc2cccc(C)n2)n1.Cl. The summed E-state index contributed by atoms with van der Waals surface area (Å²) in [6.07, 6.45) is 0. The molecule has 0 aliphatic carbocycles. The highest BCUT2D eigenvalue weighted by Crippen LogP contribution is 2.20. The van der Waals surface area contributed by atoms with Gasteiger partial charge in [-0.2, -0.15) is 0 Å². The Hall–Kier alpha value is -1.66. The van der Waals surface area contributed by atoms with Gasteiger partial charge in [-0.3, -0.25) is 0 Å². The van der Waals surface area contributed by atoms with E-state index in [1.165, 1.54) is 11.3 Å². The maximum Gasteiger partial charge on any atom is 0.357 e. The predicted octanol–water partition coefficient (Wildman–Crippen LogP) is 3.19. The number of esters is 1. The molecule has 0 fully saturated rings. The minimum Gasteiger partial charge on any atom is -0.461 e. The van der Waals surface area contributed by atoms with E-state index in [0.29, 0.717) is 23.3 Å². The van der Waals surface area contributed by atoms with Crippen molar-refractivity contribution in [2.75, 3.05) is 11.9 Å². The lowest BCUT2D eigenvalue weighted by atomic mass is 10.4. The van der Waals surface area contributed by atoms with Crippen LogP contribution in [0.25, 0.3) is 0 Å². The highest BCUT2D eigenvalue weighted by Gasteiger charge is 2.11. The third kappa shape index (κ3) is 4.18. The average Bonchev–Trinajstić information content (AvgIpc) is 2.78. The molecule has 7 heteroatoms. The molecule has 0 amide bonds. The molecular weight excluding hydrogens is 286 g/mol. The molecule has 0 spiro atoms. The van der Waals surface area contributed by atoms with Crippen LogP contribution in [0.15, 0.2) is 23.6 Å². The van der Waals surface area contributed by atoms with Gasteiger partial charge in [-0.1, -0.05) is 6.07 Å². The van der Waals surface area contributed by atoms with Crippen LogP contribution in [-0.4, -0.2) is 22.5 Å². The molecule has 0 unspecified atom stereocenters. The van der Waals surface area contributed by atoms with Crippen LogP contribution in [0, 0.1) is 6.92 Å². The van der Waals surface area contributed by atoms with E-state index in [2.05, 4.69) is 15.3 Å². The van der Waals surface area contributed by atoms with Crippen molar-refractivity contribution in [2.45, 2.75) is 13.8 Å². The number of rotatable bonds is 4. The van der Waals surface area contributed by atoms with E-state index in [1.54, 1.807) is 12.3 Å². The Morgan fingerprint density at radius 1 is 1.42 bits per heavy atom. The van der Waals surface area contributed by atoms with Crippen LogP contribution in [0.5, 0.6) is 0 Å². The molecule has 1 N–H and O–H groups in total. The molecule has 5 nitrogen and oxygen atoms in total. The summed E-state index contributed by atoms with van der Waals surface area (Å²) in [7, 11) is 0. The van der Waals surface area contributed by atoms with Gasteiger partial charge >= 0.3 is 5.97 Å². The number of thiazole rings is 1. The Bertz CT molecular complexity index is 559. The van der Waals surface area contributed by atoms with Gasteiger partial charge in [0.05, 0.1) is 6.61 Å². The lowest BCUT2D eigenvalue weighted by molar-refractivity contribution is 0.0520. The maximum absolute atomic E-state index is 11.4. The van der Waals surface area contributed by atoms with Gasteiger partial charge in [-0.05, 0) is 26.0 Å². The standard InChI is InChI=1S/C12H13N3O2S.ClH/c1-3-17-11(16)9-7-18-12(14-9)15-10-6-4-5-8(2)13-10;/h4-7H,3H2,1-2H3,(H,13,14,15);1H. The number of carbonyl (C=O) groups is 1. The summed E-state index contributed by atoms with van der Waals surface area (Å²) >= 11 is 1.34. The van der Waals surface area contributed by atoms with Gasteiger partial charge in [0.15, 0.2) is 10.8 Å². The van der Waals surface area contributed by atoms with Crippen LogP contribution in [0.1, 0.15) is 23.1 Å². The van der Waals surface area contributed by atoms with Crippen LogP contribution in [-0.2, 0) is 4.74 Å². The van der Waals surface area contributed by atoms with Crippen molar-refractivity contribution in [1.29, 1.82) is 0 Å². The summed E-state index contributed by atoms with van der Waals surface area (Å²) in [5.74, 6) is 0.304. The molecule has 0 radical (unpaired) electrons. The number of aryl methyl sites for hydroxylation is 1. The van der Waals surface area contributed by atoms with Crippen LogP contribution in [0.2, 0.25) is 0 Å². The van der Waals surface area contributed by atoms with Crippen LogP contribution in [0.3, 0.4) is 0 Å². The van der Waals surface area contributed by atoms with Gasteiger partial charge in [0, 0.05) is 11.1 Å². The number of halogens is 1. The number of hydrogen-bond donors (Lipinski definition) is 1. The van der Waals surface area contributed by atoms with Crippen LogP contribution >= 0.6 is 23.7 Å². The second-order valence-corrected chi connectivity index (χ2v) is 4.41. The van der Waals surface area contributed by atoms with E-state index < -0.39 is 5.97 Å². The molecule has 0 bridgehead atoms. The molecule has 0 aliphatic heterocycles. The van der Waals surface area contributed by atoms with Crippen molar-refractivity contribution in [1.82, 2.24) is 9.97 Å². The number of nitrogens with one attached hydrogen (secondary N) is 1. The average molecular weight is 300 g/mol. The van der Waals surface area contributed by atoms with Crippen molar-refractivity contribution < 1.29 is 9.53 Å². The maximum atomic E-state index is 11.4. The Kier molecular flexibility index (Phi) is 5.72. The summed E-state index contributed by atoms with van der Waals surface area (Å²) in [6.45, 7) is 4.02. The van der Waals surface area contributed by atoms with E-state index >= 15 is 0 Å². The number of pyridine rings is 1. The molecule has 0 saturated heterocycles. The summed E-state index contributed by atoms with van der Waals surface area (Å²) in [6, 6.07) is 5.67. The van der Waals surface area contributed by atoms with Crippen molar-refractivity contribution in [2.24, 2.45) is 0 Å². The molecule has 2 rings (SSSR count). The number of aromatic nitrogens is 2. The first kappa shape index (κ1) is 15.4. The van der Waals surface area contributed by atoms with E-state index in [4.69, 9.17) is 4.74 Å². The second kappa shape index (κ2) is 7.06. The number of hydrogen-bond acceptors (Lipinski definition) is 6. The van der Waals surface area contributed by atoms with Crippen LogP contribution in [0.4, 0.5) is 10.9 Å². The highest BCUT2D eigenvalue weighted by atomic mass is 35.5. The molecule has 0 saturated carbocycles. The van der Waals surface area contributed by atoms with Gasteiger partial charge < -0.3 is 10.1 Å². The Morgan fingerprint density at radius 2 is 2.21 bits per heavy atom. The molecule has 19 heavy (non-hydrogen) atoms. The van der Waals surface area contributed by atoms with Gasteiger partial charge in [0.25, 0.3) is 0 Å². The van der Waals surface area contributed by atoms with Gasteiger partial charge in [-0.15, -0.1) is 23.7 Å². The molecular formula is C12H14ClN3O2S. The smallest absolute Gasteiger partial charge is 0.357 e. The summed E-state index contributed by atoms with van der Waals surface area (Å²) in [5.41, 5.74) is 1.24. The van der Waals surface area contributed by atoms with E-state index in [9.17, 15) is 4.79 Å². The van der Waals surface area contributed by atoms with Gasteiger partial charge in [0.1, 0.15) is 5.82 Å². The molecule has 2 aromatic heterocycles. The monoisotopic (exact) mass is 299 g/mol. The normalized spacial score (nSPS) is 9.58. The largest absolute Gasteiger partial charge is 0.461 e. The van der Waals surface area contributed by atoms with E-state index in [-0.39, 0.29) is 12.4 Å². The lowest BCUT2D eigenvalue weighted by Gasteiger charge is -2.01. The van der Waals surface area contributed by atoms with Crippen molar-refractivity contribution >= 4 is 40.7 Å². The molecule has 2 aromatic rings. The number of nitrogens with zero attached hydrogens (tertiary/aromatic N) is 2. The molecule has 0 aromatic carbocycles. The first-order valence-electron chi connectivity index (χ1n) is 5.52. The van der Waals surface area contributed by atoms with Gasteiger partial charge in [0.2, 0.25) is 0 Å². The number of ether oxygens (including phenoxy) is 1. The predicted molar refractivity (Wildman–Crippen MR) is 77.6 cm³/mol. The Balaban J connectivity index is 0.00000180. The Morgan fingerprint density at radius 3 is 2.89 bits per heavy atom. The number of anilines is 2. The Labute approximate surface area is 121 Å². The quantitative estimate of drug-likeness (QED) is 0.878. The topological polar surface area (TPSA) is 64.1 Å². The van der Waals surface area contributed by atoms with Crippen molar-refractivity contribution in [3.63, 3.8) is 0 Å². The molecule has 0 aliphatic rings. The van der Waals surface area contributed by atoms with E-state index in [1.807, 2.05) is 25.1 Å². The van der Waals surface area contributed by atoms with E-state index in [0.717, 1.165) is 5.69 Å². The minimum absolute atomic E-state index is 0. The summed E-state index contributed by atoms with van der Waals surface area (Å²) in [5, 5.41) is 5.33. The first-order valence-corrected chi connectivity index (χ1v) is 6.40. The zero-order valence-electron chi connectivity index (χ0n) is 10.5. The number of carbonyl (C=O) groups excluding carboxylic acids is 1. The van der Waals surface area contributed by atoms with Crippen LogP contribution < -0.4 is 5.32 Å². The fourth-order valence-corrected chi connectivity index (χ4v) is 2.04. The van der Waals surface area contributed by atoms with Crippen molar-refractivity contribution in [3.8, 4) is 0 Å². The first-order chi connectivity index (χ1) is 8.69. The zero-order chi connectivity index (χ0) is 13.0. The van der Waals surface area contributed by atoms with Crippen molar-refractivity contribution in [3.05, 3.63) is 35.0 Å². The summed E-state index contributed by atoms with van der Waals surface area (Å²) < 4.78 is 4.87. The molecule has 0 atom stereocenters. The molecule has 102 valence electrons.